The first-order valence-electron chi connectivity index (χ1n) is 3.82. The van der Waals surface area contributed by atoms with Crippen LogP contribution in [0.1, 0.15) is 5.56 Å². The van der Waals surface area contributed by atoms with Gasteiger partial charge >= 0.3 is 0 Å². The maximum atomic E-state index is 10.9. The number of methoxy groups -OCH3 is 1. The zero-order valence-electron chi connectivity index (χ0n) is 7.65. The predicted octanol–water partition coefficient (Wildman–Crippen LogP) is 1.24. The highest BCUT2D eigenvalue weighted by Crippen LogP contribution is 2.12. The van der Waals surface area contributed by atoms with E-state index in [0.717, 1.165) is 11.3 Å². The third-order valence-corrected chi connectivity index (χ3v) is 2.45. The van der Waals surface area contributed by atoms with Crippen LogP contribution in [0.3, 0.4) is 0 Å². The lowest BCUT2D eigenvalue weighted by molar-refractivity contribution is 0.414. The van der Waals surface area contributed by atoms with Gasteiger partial charge in [-0.1, -0.05) is 12.1 Å². The SMILES string of the molecule is COc1ccc(CS(C)(=O)=O)cc1. The number of rotatable bonds is 3. The van der Waals surface area contributed by atoms with Gasteiger partial charge in [0.15, 0.2) is 9.84 Å². The first kappa shape index (κ1) is 10.1. The quantitative estimate of drug-likeness (QED) is 0.737. The number of sulfone groups is 1. The lowest BCUT2D eigenvalue weighted by Gasteiger charge is -2.01. The van der Waals surface area contributed by atoms with E-state index in [4.69, 9.17) is 4.74 Å². The van der Waals surface area contributed by atoms with Crippen molar-refractivity contribution in [2.24, 2.45) is 0 Å². The zero-order valence-corrected chi connectivity index (χ0v) is 8.47. The number of hydrogen-bond donors (Lipinski definition) is 0. The smallest absolute Gasteiger partial charge is 0.151 e. The minimum atomic E-state index is -2.94. The van der Waals surface area contributed by atoms with Crippen LogP contribution < -0.4 is 4.74 Å². The third kappa shape index (κ3) is 3.46. The molecule has 1 aromatic rings. The van der Waals surface area contributed by atoms with E-state index in [0.29, 0.717) is 0 Å². The minimum Gasteiger partial charge on any atom is -0.497 e. The summed E-state index contributed by atoms with van der Waals surface area (Å²) in [5, 5.41) is 0. The minimum absolute atomic E-state index is 0.0804. The van der Waals surface area contributed by atoms with E-state index in [1.165, 1.54) is 6.26 Å². The summed E-state index contributed by atoms with van der Waals surface area (Å²) in [6.07, 6.45) is 1.22. The number of ether oxygens (including phenoxy) is 1. The summed E-state index contributed by atoms with van der Waals surface area (Å²) in [5.74, 6) is 0.814. The Hall–Kier alpha value is -1.03. The molecule has 72 valence electrons. The molecule has 0 saturated heterocycles. The molecule has 0 unspecified atom stereocenters. The van der Waals surface area contributed by atoms with Crippen molar-refractivity contribution < 1.29 is 13.2 Å². The molecule has 0 spiro atoms. The van der Waals surface area contributed by atoms with E-state index in [-0.39, 0.29) is 5.75 Å². The van der Waals surface area contributed by atoms with Crippen LogP contribution >= 0.6 is 0 Å². The molecule has 0 fully saturated rings. The fraction of sp³-hybridized carbons (Fsp3) is 0.333. The Balaban J connectivity index is 2.81. The molecule has 1 aromatic carbocycles. The fourth-order valence-electron chi connectivity index (χ4n) is 1.02. The van der Waals surface area contributed by atoms with Crippen molar-refractivity contribution in [1.82, 2.24) is 0 Å². The lowest BCUT2D eigenvalue weighted by Crippen LogP contribution is -2.00. The molecular formula is C9H12O3S. The summed E-state index contributed by atoms with van der Waals surface area (Å²) in [4.78, 5) is 0. The maximum absolute atomic E-state index is 10.9. The summed E-state index contributed by atoms with van der Waals surface area (Å²) in [7, 11) is -1.36. The highest BCUT2D eigenvalue weighted by molar-refractivity contribution is 7.89. The van der Waals surface area contributed by atoms with E-state index in [1.54, 1.807) is 31.4 Å². The Morgan fingerprint density at radius 2 is 1.77 bits per heavy atom. The molecule has 0 radical (unpaired) electrons. The van der Waals surface area contributed by atoms with Gasteiger partial charge in [0.25, 0.3) is 0 Å². The Bertz CT molecular complexity index is 364. The first-order valence-corrected chi connectivity index (χ1v) is 5.88. The average molecular weight is 200 g/mol. The number of hydrogen-bond acceptors (Lipinski definition) is 3. The highest BCUT2D eigenvalue weighted by atomic mass is 32.2. The van der Waals surface area contributed by atoms with Crippen molar-refractivity contribution in [3.05, 3.63) is 29.8 Å². The van der Waals surface area contributed by atoms with Gasteiger partial charge in [-0.2, -0.15) is 0 Å². The van der Waals surface area contributed by atoms with Crippen molar-refractivity contribution in [3.8, 4) is 5.75 Å². The monoisotopic (exact) mass is 200 g/mol. The van der Waals surface area contributed by atoms with Crippen molar-refractivity contribution in [2.45, 2.75) is 5.75 Å². The Morgan fingerprint density at radius 3 is 2.15 bits per heavy atom. The normalized spacial score (nSPS) is 11.2. The van der Waals surface area contributed by atoms with E-state index < -0.39 is 9.84 Å². The van der Waals surface area contributed by atoms with Crippen LogP contribution in [0.4, 0.5) is 0 Å². The molecule has 0 saturated carbocycles. The van der Waals surface area contributed by atoms with Crippen LogP contribution in [0.2, 0.25) is 0 Å². The standard InChI is InChI=1S/C9H12O3S/c1-12-9-5-3-8(4-6-9)7-13(2,10)11/h3-6H,7H2,1-2H3. The average Bonchev–Trinajstić information content (AvgIpc) is 2.03. The molecular weight excluding hydrogens is 188 g/mol. The van der Waals surface area contributed by atoms with E-state index in [1.807, 2.05) is 0 Å². The molecule has 3 nitrogen and oxygen atoms in total. The summed E-state index contributed by atoms with van der Waals surface area (Å²) in [6, 6.07) is 7.00. The van der Waals surface area contributed by atoms with Crippen LogP contribution in [0.25, 0.3) is 0 Å². The second-order valence-corrected chi connectivity index (χ2v) is 5.06. The van der Waals surface area contributed by atoms with E-state index in [9.17, 15) is 8.42 Å². The highest BCUT2D eigenvalue weighted by Gasteiger charge is 2.03. The molecule has 0 atom stereocenters. The molecule has 13 heavy (non-hydrogen) atoms. The largest absolute Gasteiger partial charge is 0.497 e. The van der Waals surface area contributed by atoms with Gasteiger partial charge in [0.2, 0.25) is 0 Å². The summed E-state index contributed by atoms with van der Waals surface area (Å²) in [5.41, 5.74) is 0.781. The predicted molar refractivity (Wildman–Crippen MR) is 51.5 cm³/mol. The van der Waals surface area contributed by atoms with Crippen LogP contribution in [0.5, 0.6) is 5.75 Å². The summed E-state index contributed by atoms with van der Waals surface area (Å²) < 4.78 is 26.8. The molecule has 1 rings (SSSR count). The lowest BCUT2D eigenvalue weighted by atomic mass is 10.2. The Kier molecular flexibility index (Phi) is 2.93. The molecule has 0 heterocycles. The molecule has 0 N–H and O–H groups in total. The van der Waals surface area contributed by atoms with Crippen molar-refractivity contribution in [3.63, 3.8) is 0 Å². The third-order valence-electron chi connectivity index (χ3n) is 1.59. The van der Waals surface area contributed by atoms with Gasteiger partial charge in [0.05, 0.1) is 12.9 Å². The molecule has 0 aliphatic carbocycles. The zero-order chi connectivity index (χ0) is 9.90. The van der Waals surface area contributed by atoms with E-state index in [2.05, 4.69) is 0 Å². The maximum Gasteiger partial charge on any atom is 0.151 e. The van der Waals surface area contributed by atoms with Crippen LogP contribution in [0, 0.1) is 0 Å². The van der Waals surface area contributed by atoms with Crippen LogP contribution in [-0.2, 0) is 15.6 Å². The molecule has 0 bridgehead atoms. The summed E-state index contributed by atoms with van der Waals surface area (Å²) >= 11 is 0. The van der Waals surface area contributed by atoms with Crippen LogP contribution in [-0.4, -0.2) is 21.8 Å². The van der Waals surface area contributed by atoms with Gasteiger partial charge in [-0.05, 0) is 17.7 Å². The molecule has 4 heteroatoms. The van der Waals surface area contributed by atoms with Crippen molar-refractivity contribution in [2.75, 3.05) is 13.4 Å². The summed E-state index contributed by atoms with van der Waals surface area (Å²) in [6.45, 7) is 0. The first-order chi connectivity index (χ1) is 6.01. The Labute approximate surface area is 78.3 Å². The van der Waals surface area contributed by atoms with Gasteiger partial charge in [0, 0.05) is 6.26 Å². The van der Waals surface area contributed by atoms with Gasteiger partial charge < -0.3 is 4.74 Å². The number of benzene rings is 1. The van der Waals surface area contributed by atoms with Gasteiger partial charge in [-0.25, -0.2) is 8.42 Å². The topological polar surface area (TPSA) is 43.4 Å². The van der Waals surface area contributed by atoms with Gasteiger partial charge in [0.1, 0.15) is 5.75 Å². The molecule has 0 aliphatic heterocycles. The second kappa shape index (κ2) is 3.79. The molecule has 0 aliphatic rings. The van der Waals surface area contributed by atoms with Crippen LogP contribution in [0.15, 0.2) is 24.3 Å². The Morgan fingerprint density at radius 1 is 1.23 bits per heavy atom. The van der Waals surface area contributed by atoms with Crippen molar-refractivity contribution in [1.29, 1.82) is 0 Å². The van der Waals surface area contributed by atoms with Gasteiger partial charge in [-0.3, -0.25) is 0 Å². The van der Waals surface area contributed by atoms with E-state index >= 15 is 0 Å². The van der Waals surface area contributed by atoms with Crippen molar-refractivity contribution >= 4 is 9.84 Å². The molecule has 0 aromatic heterocycles. The fourth-order valence-corrected chi connectivity index (χ4v) is 1.82. The van der Waals surface area contributed by atoms with Gasteiger partial charge in [-0.15, -0.1) is 0 Å². The molecule has 0 amide bonds. The second-order valence-electron chi connectivity index (χ2n) is 2.92.